The van der Waals surface area contributed by atoms with Crippen LogP contribution in [0.3, 0.4) is 0 Å². The number of nitrogens with one attached hydrogen (secondary N) is 3. The summed E-state index contributed by atoms with van der Waals surface area (Å²) in [6.07, 6.45) is 8.52. The molecule has 1 aliphatic carbocycles. The van der Waals surface area contributed by atoms with Crippen LogP contribution in [-0.2, 0) is 27.3 Å². The zero-order chi connectivity index (χ0) is 32.3. The summed E-state index contributed by atoms with van der Waals surface area (Å²) in [5.41, 5.74) is 2.29. The van der Waals surface area contributed by atoms with Crippen molar-refractivity contribution in [1.82, 2.24) is 35.5 Å². The largest absolute Gasteiger partial charge is 0.350 e. The Morgan fingerprint density at radius 2 is 1.53 bits per heavy atom. The van der Waals surface area contributed by atoms with E-state index in [1.165, 1.54) is 0 Å². The van der Waals surface area contributed by atoms with Gasteiger partial charge in [-0.15, -0.1) is 0 Å². The second-order valence-corrected chi connectivity index (χ2v) is 12.8. The van der Waals surface area contributed by atoms with Crippen LogP contribution in [0.15, 0.2) is 36.5 Å². The number of aromatic nitrogens is 2. The van der Waals surface area contributed by atoms with Gasteiger partial charge in [-0.05, 0) is 56.8 Å². The first-order valence-corrected chi connectivity index (χ1v) is 16.6. The molecule has 4 amide bonds. The normalized spacial score (nSPS) is 17.8. The van der Waals surface area contributed by atoms with Crippen LogP contribution in [0.25, 0.3) is 0 Å². The van der Waals surface area contributed by atoms with E-state index >= 15 is 0 Å². The summed E-state index contributed by atoms with van der Waals surface area (Å²) in [6.45, 7) is 8.96. The van der Waals surface area contributed by atoms with Crippen molar-refractivity contribution in [3.05, 3.63) is 53.3 Å². The van der Waals surface area contributed by atoms with E-state index in [4.69, 9.17) is 0 Å². The Labute approximate surface area is 267 Å². The van der Waals surface area contributed by atoms with Crippen molar-refractivity contribution >= 4 is 23.6 Å². The Hall–Kier alpha value is -3.73. The minimum Gasteiger partial charge on any atom is -0.350 e. The van der Waals surface area contributed by atoms with Gasteiger partial charge in [0.15, 0.2) is 0 Å². The SMILES string of the molecule is CCC(=O)N[C@H](Cc1ccc(CNC(=O)C(NC(=O)c2ccnn2C(C)C)C2CCCCCC2)cc1)C(=O)N1CCN(C)CC1. The van der Waals surface area contributed by atoms with Crippen molar-refractivity contribution in [2.24, 2.45) is 5.92 Å². The number of hydrogen-bond acceptors (Lipinski definition) is 6. The third-order valence-corrected chi connectivity index (χ3v) is 9.03. The van der Waals surface area contributed by atoms with Crippen LogP contribution in [0.4, 0.5) is 0 Å². The van der Waals surface area contributed by atoms with Crippen LogP contribution in [0, 0.1) is 5.92 Å². The predicted octanol–water partition coefficient (Wildman–Crippen LogP) is 3.06. The maximum Gasteiger partial charge on any atom is 0.270 e. The summed E-state index contributed by atoms with van der Waals surface area (Å²) in [5.74, 6) is -0.599. The average molecular weight is 622 g/mol. The zero-order valence-corrected chi connectivity index (χ0v) is 27.4. The molecule has 2 heterocycles. The van der Waals surface area contributed by atoms with E-state index in [1.54, 1.807) is 23.9 Å². The Balaban J connectivity index is 1.40. The first-order chi connectivity index (χ1) is 21.7. The average Bonchev–Trinajstić information content (AvgIpc) is 3.39. The van der Waals surface area contributed by atoms with Crippen molar-refractivity contribution in [1.29, 1.82) is 0 Å². The molecule has 1 aromatic carbocycles. The number of amides is 4. The quantitative estimate of drug-likeness (QED) is 0.313. The van der Waals surface area contributed by atoms with Gasteiger partial charge in [0.05, 0.1) is 0 Å². The summed E-state index contributed by atoms with van der Waals surface area (Å²) >= 11 is 0. The van der Waals surface area contributed by atoms with Crippen molar-refractivity contribution in [2.75, 3.05) is 33.2 Å². The molecule has 11 nitrogen and oxygen atoms in total. The highest BCUT2D eigenvalue weighted by Crippen LogP contribution is 2.26. The third-order valence-electron chi connectivity index (χ3n) is 9.03. The van der Waals surface area contributed by atoms with Crippen LogP contribution in [0.2, 0.25) is 0 Å². The molecule has 1 saturated heterocycles. The van der Waals surface area contributed by atoms with Gasteiger partial charge in [-0.2, -0.15) is 5.10 Å². The van der Waals surface area contributed by atoms with Gasteiger partial charge in [-0.25, -0.2) is 0 Å². The van der Waals surface area contributed by atoms with E-state index in [2.05, 4.69) is 25.9 Å². The van der Waals surface area contributed by atoms with Gasteiger partial charge in [0.1, 0.15) is 17.8 Å². The fraction of sp³-hybridized carbons (Fsp3) is 0.618. The zero-order valence-electron chi connectivity index (χ0n) is 27.4. The van der Waals surface area contributed by atoms with E-state index < -0.39 is 12.1 Å². The number of benzene rings is 1. The van der Waals surface area contributed by atoms with Crippen LogP contribution < -0.4 is 16.0 Å². The van der Waals surface area contributed by atoms with Gasteiger partial charge in [0.25, 0.3) is 5.91 Å². The Kier molecular flexibility index (Phi) is 12.6. The first kappa shape index (κ1) is 34.1. The molecule has 2 aromatic rings. The highest BCUT2D eigenvalue weighted by Gasteiger charge is 2.32. The molecule has 1 unspecified atom stereocenters. The monoisotopic (exact) mass is 621 g/mol. The Morgan fingerprint density at radius 1 is 0.889 bits per heavy atom. The Bertz CT molecular complexity index is 1280. The molecule has 1 aromatic heterocycles. The maximum atomic E-state index is 13.6. The van der Waals surface area contributed by atoms with Gasteiger partial charge in [0.2, 0.25) is 17.7 Å². The van der Waals surface area contributed by atoms with Crippen molar-refractivity contribution in [3.8, 4) is 0 Å². The molecular formula is C34H51N7O4. The van der Waals surface area contributed by atoms with Crippen LogP contribution in [-0.4, -0.2) is 88.5 Å². The minimum atomic E-state index is -0.631. The highest BCUT2D eigenvalue weighted by atomic mass is 16.2. The fourth-order valence-corrected chi connectivity index (χ4v) is 6.23. The summed E-state index contributed by atoms with van der Waals surface area (Å²) in [5, 5.41) is 13.3. The number of rotatable bonds is 12. The number of carbonyl (C=O) groups is 4. The maximum absolute atomic E-state index is 13.6. The minimum absolute atomic E-state index is 0.0250. The van der Waals surface area contributed by atoms with E-state index in [0.29, 0.717) is 38.2 Å². The molecular weight excluding hydrogens is 570 g/mol. The van der Waals surface area contributed by atoms with Gasteiger partial charge >= 0.3 is 0 Å². The topological polar surface area (TPSA) is 129 Å². The fourth-order valence-electron chi connectivity index (χ4n) is 6.23. The molecule has 0 spiro atoms. The van der Waals surface area contributed by atoms with Crippen LogP contribution in [0.1, 0.15) is 93.4 Å². The lowest BCUT2D eigenvalue weighted by Crippen LogP contribution is -2.54. The molecule has 2 fully saturated rings. The van der Waals surface area contributed by atoms with Gasteiger partial charge in [-0.1, -0.05) is 56.9 Å². The lowest BCUT2D eigenvalue weighted by molar-refractivity contribution is -0.137. The predicted molar refractivity (Wildman–Crippen MR) is 173 cm³/mol. The third kappa shape index (κ3) is 9.63. The first-order valence-electron chi connectivity index (χ1n) is 16.6. The molecule has 2 atom stereocenters. The van der Waals surface area contributed by atoms with E-state index in [1.807, 2.05) is 50.1 Å². The molecule has 246 valence electrons. The second kappa shape index (κ2) is 16.5. The lowest BCUT2D eigenvalue weighted by atomic mass is 9.91. The Morgan fingerprint density at radius 3 is 2.16 bits per heavy atom. The highest BCUT2D eigenvalue weighted by molar-refractivity contribution is 5.96. The molecule has 4 rings (SSSR count). The van der Waals surface area contributed by atoms with Crippen LogP contribution in [0.5, 0.6) is 0 Å². The van der Waals surface area contributed by atoms with Crippen molar-refractivity contribution < 1.29 is 19.2 Å². The summed E-state index contributed by atoms with van der Waals surface area (Å²) in [7, 11) is 2.04. The van der Waals surface area contributed by atoms with E-state index in [-0.39, 0.29) is 35.6 Å². The molecule has 0 bridgehead atoms. The van der Waals surface area contributed by atoms with Crippen LogP contribution >= 0.6 is 0 Å². The molecule has 0 radical (unpaired) electrons. The number of likely N-dealkylation sites (N-methyl/N-ethyl adjacent to an activating group) is 1. The van der Waals surface area contributed by atoms with Gasteiger partial charge < -0.3 is 25.8 Å². The standard InChI is InChI=1S/C34H51N7O4/c1-5-30(42)37-28(34(45)40-20-18-39(4)19-21-40)22-25-12-14-26(15-13-25)23-35-33(44)31(27-10-8-6-7-9-11-27)38-32(43)29-16-17-36-41(29)24(2)3/h12-17,24,27-28,31H,5-11,18-23H2,1-4H3,(H,35,44)(H,37,42)(H,38,43)/t28-,31?/m1/s1. The molecule has 1 aliphatic heterocycles. The number of nitrogens with zero attached hydrogens (tertiary/aromatic N) is 4. The summed E-state index contributed by atoms with van der Waals surface area (Å²) in [6, 6.07) is 8.23. The summed E-state index contributed by atoms with van der Waals surface area (Å²) < 4.78 is 1.68. The van der Waals surface area contributed by atoms with Crippen molar-refractivity contribution in [2.45, 2.75) is 96.8 Å². The molecule has 3 N–H and O–H groups in total. The lowest BCUT2D eigenvalue weighted by Gasteiger charge is -2.34. The van der Waals surface area contributed by atoms with Gasteiger partial charge in [0, 0.05) is 57.8 Å². The summed E-state index contributed by atoms with van der Waals surface area (Å²) in [4.78, 5) is 56.5. The molecule has 1 saturated carbocycles. The molecule has 2 aliphatic rings. The van der Waals surface area contributed by atoms with Gasteiger partial charge in [-0.3, -0.25) is 23.9 Å². The van der Waals surface area contributed by atoms with E-state index in [9.17, 15) is 19.2 Å². The smallest absolute Gasteiger partial charge is 0.270 e. The van der Waals surface area contributed by atoms with Crippen molar-refractivity contribution in [3.63, 3.8) is 0 Å². The second-order valence-electron chi connectivity index (χ2n) is 12.8. The number of hydrogen-bond donors (Lipinski definition) is 3. The molecule has 45 heavy (non-hydrogen) atoms. The molecule has 11 heteroatoms. The van der Waals surface area contributed by atoms with E-state index in [0.717, 1.165) is 62.7 Å². The number of carbonyl (C=O) groups excluding carboxylic acids is 4. The number of piperazine rings is 1.